The predicted octanol–water partition coefficient (Wildman–Crippen LogP) is 6.88. The van der Waals surface area contributed by atoms with Crippen molar-refractivity contribution in [3.05, 3.63) is 66.1 Å². The molecule has 2 heterocycles. The Bertz CT molecular complexity index is 1420. The number of H-pyrrole nitrogens is 1. The first-order valence-electron chi connectivity index (χ1n) is 13.1. The molecule has 0 spiro atoms. The van der Waals surface area contributed by atoms with E-state index in [1.165, 1.54) is 12.1 Å². The van der Waals surface area contributed by atoms with Gasteiger partial charge in [-0.05, 0) is 87.4 Å². The monoisotopic (exact) mass is 629 g/mol. The van der Waals surface area contributed by atoms with E-state index in [2.05, 4.69) is 11.9 Å². The number of fused-ring (bicyclic) bond motifs is 1. The van der Waals surface area contributed by atoms with Crippen molar-refractivity contribution in [2.45, 2.75) is 52.5 Å². The number of nitrogens with zero attached hydrogens (tertiary/aromatic N) is 2. The quantitative estimate of drug-likeness (QED) is 0.177. The molecule has 2 aliphatic rings. The number of aliphatic carboxylic acids is 1. The van der Waals surface area contributed by atoms with Crippen molar-refractivity contribution < 1.29 is 19.1 Å². The van der Waals surface area contributed by atoms with Gasteiger partial charge in [-0.2, -0.15) is 0 Å². The van der Waals surface area contributed by atoms with Gasteiger partial charge in [0.15, 0.2) is 0 Å². The number of benzene rings is 2. The Balaban J connectivity index is 1.38. The largest absolute Gasteiger partial charge is 0.478 e. The molecule has 1 aromatic heterocycles. The van der Waals surface area contributed by atoms with Crippen molar-refractivity contribution in [3.8, 4) is 11.3 Å². The highest BCUT2D eigenvalue weighted by molar-refractivity contribution is 14.2. The van der Waals surface area contributed by atoms with Crippen LogP contribution in [0.1, 0.15) is 46.5 Å². The number of anilines is 1. The van der Waals surface area contributed by atoms with Gasteiger partial charge in [0.2, 0.25) is 5.91 Å². The molecule has 1 aliphatic carbocycles. The standard InChI is InChI=1S/C30H33FIN3O3/c1-18(2)35(29(36)21-6-4-19(3)5-7-21)28-25(30(37)38)16-34(17-32-28)24-11-8-20(9-12-24)27-15-22-14-23(31)10-13-26(22)33-27/h8-16,18-19,21,33H,4-7,17H2,1-3H3,(H,37,38). The number of amides is 1. The number of alkyl halides is 1. The van der Waals surface area contributed by atoms with Gasteiger partial charge in [0, 0.05) is 40.4 Å². The number of nitrogens with one attached hydrogen (secondary N) is 1. The molecule has 5 rings (SSSR count). The fraction of sp³-hybridized carbons (Fsp3) is 0.367. The van der Waals surface area contributed by atoms with Gasteiger partial charge in [0.25, 0.3) is 0 Å². The fourth-order valence-electron chi connectivity index (χ4n) is 5.29. The summed E-state index contributed by atoms with van der Waals surface area (Å²) < 4.78 is 15.0. The zero-order valence-electron chi connectivity index (χ0n) is 21.9. The molecule has 0 radical (unpaired) electrons. The van der Waals surface area contributed by atoms with E-state index < -0.39 is 26.7 Å². The van der Waals surface area contributed by atoms with Crippen LogP contribution in [0.3, 0.4) is 0 Å². The summed E-state index contributed by atoms with van der Waals surface area (Å²) in [5.74, 6) is -0.552. The Morgan fingerprint density at radius 3 is 2.45 bits per heavy atom. The minimum absolute atomic E-state index is 0.0214. The van der Waals surface area contributed by atoms with Crippen LogP contribution in [-0.2, 0) is 9.59 Å². The van der Waals surface area contributed by atoms with Crippen molar-refractivity contribution >= 4 is 52.8 Å². The smallest absolute Gasteiger partial charge is 0.339 e. The van der Waals surface area contributed by atoms with Crippen molar-refractivity contribution in [3.63, 3.8) is 0 Å². The first kappa shape index (κ1) is 26.6. The van der Waals surface area contributed by atoms with Crippen LogP contribution >= 0.6 is 20.7 Å². The lowest BCUT2D eigenvalue weighted by Gasteiger charge is -2.36. The molecule has 0 saturated heterocycles. The van der Waals surface area contributed by atoms with Gasteiger partial charge in [-0.1, -0.05) is 39.8 Å². The van der Waals surface area contributed by atoms with Crippen LogP contribution in [0.5, 0.6) is 0 Å². The minimum atomic E-state index is -0.998. The Kier molecular flexibility index (Phi) is 7.70. The molecule has 6 nitrogen and oxygen atoms in total. The third-order valence-corrected chi connectivity index (χ3v) is 10.4. The Morgan fingerprint density at radius 1 is 1.08 bits per heavy atom. The summed E-state index contributed by atoms with van der Waals surface area (Å²) in [4.78, 5) is 33.1. The average Bonchev–Trinajstić information content (AvgIpc) is 3.32. The Labute approximate surface area is 232 Å². The van der Waals surface area contributed by atoms with Gasteiger partial charge in [0.05, 0.1) is 8.18 Å². The van der Waals surface area contributed by atoms with Crippen molar-refractivity contribution in [2.75, 3.05) is 9.45 Å². The maximum atomic E-state index is 13.6. The van der Waals surface area contributed by atoms with Gasteiger partial charge in [0.1, 0.15) is 11.4 Å². The number of rotatable bonds is 6. The molecule has 0 unspecified atom stereocenters. The van der Waals surface area contributed by atoms with Gasteiger partial charge in [-0.3, -0.25) is 4.79 Å². The molecule has 200 valence electrons. The molecule has 1 fully saturated rings. The minimum Gasteiger partial charge on any atom is -0.478 e. The SMILES string of the molecule is CC1CCC(C(=O)N(C2=ICN(c3ccc(-c4cc5cc(F)ccc5[nH]4)cc3)C=C2C(=O)O)C(C)C)CC1. The molecule has 0 atom stereocenters. The molecule has 0 bridgehead atoms. The van der Waals surface area contributed by atoms with E-state index in [4.69, 9.17) is 0 Å². The molecule has 1 amide bonds. The Morgan fingerprint density at radius 2 is 1.79 bits per heavy atom. The van der Waals surface area contributed by atoms with Crippen LogP contribution in [0, 0.1) is 17.7 Å². The predicted molar refractivity (Wildman–Crippen MR) is 159 cm³/mol. The van der Waals surface area contributed by atoms with E-state index in [-0.39, 0.29) is 29.3 Å². The highest BCUT2D eigenvalue weighted by Crippen LogP contribution is 2.34. The molecular formula is C30H33FIN3O3. The second kappa shape index (κ2) is 11.0. The van der Waals surface area contributed by atoms with Crippen LogP contribution in [0.4, 0.5) is 10.1 Å². The first-order valence-corrected chi connectivity index (χ1v) is 15.7. The Hall–Kier alpha value is -3.01. The molecule has 2 aromatic carbocycles. The summed E-state index contributed by atoms with van der Waals surface area (Å²) in [6, 6.07) is 14.4. The first-order chi connectivity index (χ1) is 18.2. The van der Waals surface area contributed by atoms with E-state index in [1.807, 2.05) is 49.1 Å². The summed E-state index contributed by atoms with van der Waals surface area (Å²) in [5, 5.41) is 11.0. The fourth-order valence-corrected chi connectivity index (χ4v) is 8.52. The van der Waals surface area contributed by atoms with E-state index in [0.29, 0.717) is 14.1 Å². The maximum Gasteiger partial charge on any atom is 0.339 e. The zero-order valence-corrected chi connectivity index (χ0v) is 24.0. The van der Waals surface area contributed by atoms with Crippen molar-refractivity contribution in [1.82, 2.24) is 9.88 Å². The van der Waals surface area contributed by atoms with Gasteiger partial charge in [-0.25, -0.2) is 9.18 Å². The second-order valence-electron chi connectivity index (χ2n) is 10.6. The molecule has 38 heavy (non-hydrogen) atoms. The highest BCUT2D eigenvalue weighted by atomic mass is 127. The number of carboxylic acids is 1. The summed E-state index contributed by atoms with van der Waals surface area (Å²) in [6.45, 7) is 6.18. The molecule has 1 aliphatic heterocycles. The lowest BCUT2D eigenvalue weighted by molar-refractivity contribution is -0.134. The van der Waals surface area contributed by atoms with E-state index in [0.717, 1.165) is 53.5 Å². The number of carbonyl (C=O) groups is 2. The number of hydrogen-bond donors (Lipinski definition) is 2. The number of carbonyl (C=O) groups excluding carboxylic acids is 1. The third kappa shape index (κ3) is 5.41. The van der Waals surface area contributed by atoms with Gasteiger partial charge >= 0.3 is 5.97 Å². The molecular weight excluding hydrogens is 596 g/mol. The van der Waals surface area contributed by atoms with Crippen LogP contribution in [0.25, 0.3) is 22.2 Å². The van der Waals surface area contributed by atoms with Crippen LogP contribution in [-0.4, -0.2) is 41.1 Å². The summed E-state index contributed by atoms with van der Waals surface area (Å²) >= 11 is -0.743. The van der Waals surface area contributed by atoms with Gasteiger partial charge < -0.3 is 19.9 Å². The zero-order chi connectivity index (χ0) is 27.0. The second-order valence-corrected chi connectivity index (χ2v) is 13.0. The number of aromatic nitrogens is 1. The van der Waals surface area contributed by atoms with Gasteiger partial charge in [-0.15, -0.1) is 0 Å². The average molecular weight is 630 g/mol. The number of aromatic amines is 1. The van der Waals surface area contributed by atoms with E-state index >= 15 is 0 Å². The lowest BCUT2D eigenvalue weighted by Crippen LogP contribution is -2.47. The van der Waals surface area contributed by atoms with Crippen LogP contribution in [0.15, 0.2) is 60.3 Å². The normalized spacial score (nSPS) is 20.1. The topological polar surface area (TPSA) is 76.6 Å². The number of carboxylic acid groups (broad SMARTS) is 1. The van der Waals surface area contributed by atoms with Crippen molar-refractivity contribution in [2.24, 2.45) is 11.8 Å². The molecule has 8 heteroatoms. The van der Waals surface area contributed by atoms with Crippen LogP contribution < -0.4 is 4.90 Å². The molecule has 2 N–H and O–H groups in total. The number of halogens is 2. The van der Waals surface area contributed by atoms with Crippen molar-refractivity contribution in [1.29, 1.82) is 0 Å². The van der Waals surface area contributed by atoms with E-state index in [9.17, 15) is 19.1 Å². The molecule has 3 aromatic rings. The van der Waals surface area contributed by atoms with E-state index in [1.54, 1.807) is 17.2 Å². The third-order valence-electron chi connectivity index (χ3n) is 7.48. The molecule has 1 saturated carbocycles. The lowest BCUT2D eigenvalue weighted by atomic mass is 9.82. The highest BCUT2D eigenvalue weighted by Gasteiger charge is 2.35. The maximum absolute atomic E-state index is 13.6. The summed E-state index contributed by atoms with van der Waals surface area (Å²) in [7, 11) is 0. The summed E-state index contributed by atoms with van der Waals surface area (Å²) in [5.41, 5.74) is 3.85. The van der Waals surface area contributed by atoms with Crippen LogP contribution in [0.2, 0.25) is 0 Å². The number of hydrogen-bond acceptors (Lipinski definition) is 3. The summed E-state index contributed by atoms with van der Waals surface area (Å²) in [6.07, 6.45) is 5.55.